The second-order valence-corrected chi connectivity index (χ2v) is 21.0. The summed E-state index contributed by atoms with van der Waals surface area (Å²) >= 11 is 0. The fourth-order valence-corrected chi connectivity index (χ4v) is 11.7. The molecule has 332 valence electrons. The summed E-state index contributed by atoms with van der Waals surface area (Å²) in [5, 5.41) is 26.4. The minimum atomic E-state index is -3.50. The standard InChI is InChI=1S/2C21H28N6O3S/c2*1-26(2)15-11-27-20(30-12-15)18(10-23-27)31(22,29)25-21(28)24-19-16-7-3-5-13(16)9-14-6-4-8-17(14)19/h2*9-10,15H,3-8,11-12H2,1-2H3,(H3,22,24,25,28,29)/t2*15-,31?/m00/s1. The van der Waals surface area contributed by atoms with Crippen molar-refractivity contribution in [3.63, 3.8) is 0 Å². The second kappa shape index (κ2) is 16.7. The minimum absolute atomic E-state index is 0.150. The lowest BCUT2D eigenvalue weighted by molar-refractivity contribution is 0.117. The lowest BCUT2D eigenvalue weighted by atomic mass is 9.99. The van der Waals surface area contributed by atoms with E-state index in [2.05, 4.69) is 41.7 Å². The van der Waals surface area contributed by atoms with E-state index >= 15 is 0 Å². The van der Waals surface area contributed by atoms with E-state index in [0.29, 0.717) is 38.1 Å². The van der Waals surface area contributed by atoms with Crippen LogP contribution in [0.2, 0.25) is 0 Å². The predicted octanol–water partition coefficient (Wildman–Crippen LogP) is 4.23. The highest BCUT2D eigenvalue weighted by atomic mass is 32.2. The topological polar surface area (TPSA) is 230 Å². The molecule has 0 spiro atoms. The average Bonchev–Trinajstić information content (AvgIpc) is 4.08. The number of nitrogens with one attached hydrogen (secondary N) is 2. The van der Waals surface area contributed by atoms with Crippen LogP contribution in [0.5, 0.6) is 11.8 Å². The molecule has 20 heteroatoms. The van der Waals surface area contributed by atoms with Crippen LogP contribution in [0.25, 0.3) is 0 Å². The van der Waals surface area contributed by atoms with Gasteiger partial charge in [-0.25, -0.2) is 37.6 Å². The maximum atomic E-state index is 13.2. The van der Waals surface area contributed by atoms with Gasteiger partial charge in [0.15, 0.2) is 19.8 Å². The number of carbonyl (C=O) groups is 2. The number of aromatic nitrogens is 4. The van der Waals surface area contributed by atoms with Gasteiger partial charge < -0.3 is 29.9 Å². The number of rotatable bonds is 6. The molecule has 0 fully saturated rings. The van der Waals surface area contributed by atoms with Crippen LogP contribution in [-0.2, 0) is 84.3 Å². The summed E-state index contributed by atoms with van der Waals surface area (Å²) in [5.41, 5.74) is 11.7. The zero-order valence-electron chi connectivity index (χ0n) is 35.8. The zero-order valence-corrected chi connectivity index (χ0v) is 37.4. The van der Waals surface area contributed by atoms with Gasteiger partial charge >= 0.3 is 12.1 Å². The third kappa shape index (κ3) is 8.11. The molecule has 2 aliphatic heterocycles. The first-order valence-electron chi connectivity index (χ1n) is 21.4. The lowest BCUT2D eigenvalue weighted by Crippen LogP contribution is -2.41. The number of amides is 4. The van der Waals surface area contributed by atoms with Crippen LogP contribution < -0.4 is 30.4 Å². The van der Waals surface area contributed by atoms with Crippen molar-refractivity contribution in [2.75, 3.05) is 52.0 Å². The van der Waals surface area contributed by atoms with Crippen molar-refractivity contribution in [2.24, 2.45) is 19.0 Å². The molecule has 4 atom stereocenters. The molecule has 4 heterocycles. The molecule has 0 saturated heterocycles. The Kier molecular flexibility index (Phi) is 11.4. The number of carbonyl (C=O) groups excluding carboxylic acids is 2. The number of ether oxygens (including phenoxy) is 2. The summed E-state index contributed by atoms with van der Waals surface area (Å²) < 4.78 is 49.0. The average molecular weight is 889 g/mol. The SMILES string of the molecule is CN(C)[C@@H]1COc2c(S(N)(=O)=NC(=O)Nc3c4c(cc5c3CCC5)CCC4)cnn2C1.CN(C)[C@@H]1COc2c(S(N)(=O)=NC(=O)Nc3c4c(cc5c3CCC5)CCC4)cnn2C1. The number of likely N-dealkylation sites (N-methyl/N-ethyl adjacent to an activating group) is 2. The number of benzene rings is 2. The lowest BCUT2D eigenvalue weighted by Gasteiger charge is -2.29. The number of nitrogens with two attached hydrogens (primary N) is 2. The molecule has 2 aromatic heterocycles. The highest BCUT2D eigenvalue weighted by Crippen LogP contribution is 2.40. The molecule has 18 nitrogen and oxygen atoms in total. The molecular weight excluding hydrogens is 833 g/mol. The summed E-state index contributed by atoms with van der Waals surface area (Å²) in [4.78, 5) is 30.0. The third-order valence-corrected chi connectivity index (χ3v) is 15.7. The van der Waals surface area contributed by atoms with E-state index < -0.39 is 31.9 Å². The Labute approximate surface area is 362 Å². The van der Waals surface area contributed by atoms with Crippen LogP contribution in [0.3, 0.4) is 0 Å². The first kappa shape index (κ1) is 42.4. The van der Waals surface area contributed by atoms with E-state index in [1.54, 1.807) is 9.36 Å². The molecule has 2 unspecified atom stereocenters. The van der Waals surface area contributed by atoms with Crippen molar-refractivity contribution >= 4 is 43.3 Å². The van der Waals surface area contributed by atoms with E-state index in [1.165, 1.54) is 56.9 Å². The summed E-state index contributed by atoms with van der Waals surface area (Å²) in [7, 11) is 0.853. The van der Waals surface area contributed by atoms with Crippen LogP contribution in [0.15, 0.2) is 43.0 Å². The van der Waals surface area contributed by atoms with Crippen molar-refractivity contribution in [1.29, 1.82) is 0 Å². The number of aryl methyl sites for hydroxylation is 4. The largest absolute Gasteiger partial charge is 0.475 e. The molecule has 4 aliphatic carbocycles. The van der Waals surface area contributed by atoms with Gasteiger partial charge in [-0.3, -0.25) is 0 Å². The van der Waals surface area contributed by atoms with Crippen LogP contribution in [0.4, 0.5) is 21.0 Å². The van der Waals surface area contributed by atoms with Gasteiger partial charge in [-0.15, -0.1) is 8.73 Å². The van der Waals surface area contributed by atoms with E-state index in [-0.39, 0.29) is 21.9 Å². The van der Waals surface area contributed by atoms with Crippen LogP contribution in [-0.4, -0.2) is 103 Å². The fourth-order valence-electron chi connectivity index (χ4n) is 9.68. The van der Waals surface area contributed by atoms with Crippen LogP contribution in [0, 0.1) is 0 Å². The molecule has 0 saturated carbocycles. The monoisotopic (exact) mass is 888 g/mol. The summed E-state index contributed by atoms with van der Waals surface area (Å²) in [6, 6.07) is 3.50. The Morgan fingerprint density at radius 3 is 1.29 bits per heavy atom. The Morgan fingerprint density at radius 1 is 0.629 bits per heavy atom. The maximum absolute atomic E-state index is 13.2. The van der Waals surface area contributed by atoms with Crippen molar-refractivity contribution in [2.45, 2.75) is 112 Å². The molecule has 2 aromatic carbocycles. The fraction of sp³-hybridized carbons (Fsp3) is 0.524. The van der Waals surface area contributed by atoms with Crippen molar-refractivity contribution in [3.05, 3.63) is 69.0 Å². The normalized spacial score (nSPS) is 21.1. The molecule has 4 aromatic rings. The van der Waals surface area contributed by atoms with Gasteiger partial charge in [0.05, 0.1) is 37.6 Å². The molecular formula is C42H56N12O6S2. The first-order valence-corrected chi connectivity index (χ1v) is 24.6. The maximum Gasteiger partial charge on any atom is 0.354 e. The Morgan fingerprint density at radius 2 is 0.968 bits per heavy atom. The number of hydrogen-bond acceptors (Lipinski definition) is 10. The number of hydrogen-bond donors (Lipinski definition) is 4. The molecule has 62 heavy (non-hydrogen) atoms. The smallest absolute Gasteiger partial charge is 0.354 e. The van der Waals surface area contributed by atoms with Crippen molar-refractivity contribution < 1.29 is 27.5 Å². The van der Waals surface area contributed by atoms with Crippen molar-refractivity contribution in [3.8, 4) is 11.8 Å². The number of nitrogens with zero attached hydrogens (tertiary/aromatic N) is 8. The van der Waals surface area contributed by atoms with Gasteiger partial charge in [-0.1, -0.05) is 12.1 Å². The van der Waals surface area contributed by atoms with Gasteiger partial charge in [0.1, 0.15) is 23.0 Å². The van der Waals surface area contributed by atoms with Crippen LogP contribution in [0.1, 0.15) is 70.2 Å². The van der Waals surface area contributed by atoms with Gasteiger partial charge in [-0.2, -0.15) is 10.2 Å². The summed E-state index contributed by atoms with van der Waals surface area (Å²) in [6.45, 7) is 2.03. The first-order chi connectivity index (χ1) is 29.7. The molecule has 0 radical (unpaired) electrons. The van der Waals surface area contributed by atoms with Gasteiger partial charge in [0, 0.05) is 11.4 Å². The number of urea groups is 2. The molecule has 0 bridgehead atoms. The van der Waals surface area contributed by atoms with Crippen molar-refractivity contribution in [1.82, 2.24) is 29.4 Å². The molecule has 4 amide bonds. The Bertz CT molecular complexity index is 2480. The zero-order chi connectivity index (χ0) is 43.5. The van der Waals surface area contributed by atoms with Gasteiger partial charge in [0.25, 0.3) is 0 Å². The molecule has 6 aliphatic rings. The van der Waals surface area contributed by atoms with E-state index in [4.69, 9.17) is 19.8 Å². The second-order valence-electron chi connectivity index (χ2n) is 17.5. The highest BCUT2D eigenvalue weighted by Gasteiger charge is 2.32. The molecule has 6 N–H and O–H groups in total. The van der Waals surface area contributed by atoms with Gasteiger partial charge in [-0.05, 0) is 150 Å². The highest BCUT2D eigenvalue weighted by molar-refractivity contribution is 7.92. The quantitative estimate of drug-likeness (QED) is 0.215. The van der Waals surface area contributed by atoms with E-state index in [0.717, 1.165) is 88.4 Å². The Hall–Kier alpha value is -4.86. The molecule has 10 rings (SSSR count). The predicted molar refractivity (Wildman–Crippen MR) is 235 cm³/mol. The number of anilines is 2. The third-order valence-electron chi connectivity index (χ3n) is 13.0. The summed E-state index contributed by atoms with van der Waals surface area (Å²) in [5.74, 6) is 0.646. The van der Waals surface area contributed by atoms with Gasteiger partial charge in [0.2, 0.25) is 11.8 Å². The van der Waals surface area contributed by atoms with Crippen LogP contribution >= 0.6 is 0 Å². The van der Waals surface area contributed by atoms with E-state index in [1.807, 2.05) is 38.0 Å². The Balaban J connectivity index is 0.000000158. The minimum Gasteiger partial charge on any atom is -0.475 e. The number of fused-ring (bicyclic) bond motifs is 6. The van der Waals surface area contributed by atoms with E-state index in [9.17, 15) is 18.0 Å². The summed E-state index contributed by atoms with van der Waals surface area (Å²) in [6.07, 6.45) is 15.0.